The SMILES string of the molecule is CCCCCCCCCCCCCCCCCCCC(=O)NC(CO)C(O)C(O)CCCCCCCCCCCCCCC. The van der Waals surface area contributed by atoms with Crippen molar-refractivity contribution in [2.75, 3.05) is 6.61 Å². The van der Waals surface area contributed by atoms with Gasteiger partial charge in [0.2, 0.25) is 5.91 Å². The minimum atomic E-state index is -1.13. The molecule has 0 aromatic carbocycles. The van der Waals surface area contributed by atoms with Crippen molar-refractivity contribution in [1.82, 2.24) is 5.32 Å². The van der Waals surface area contributed by atoms with Gasteiger partial charge in [0.05, 0.1) is 18.8 Å². The topological polar surface area (TPSA) is 89.8 Å². The van der Waals surface area contributed by atoms with E-state index in [1.165, 1.54) is 161 Å². The Morgan fingerprint density at radius 2 is 0.773 bits per heavy atom. The number of amides is 1. The van der Waals surface area contributed by atoms with Gasteiger partial charge in [-0.1, -0.05) is 200 Å². The average Bonchev–Trinajstić information content (AvgIpc) is 3.03. The van der Waals surface area contributed by atoms with Gasteiger partial charge < -0.3 is 20.6 Å². The smallest absolute Gasteiger partial charge is 0.220 e. The van der Waals surface area contributed by atoms with Crippen molar-refractivity contribution >= 4 is 5.91 Å². The molecule has 5 heteroatoms. The van der Waals surface area contributed by atoms with E-state index in [9.17, 15) is 20.1 Å². The lowest BCUT2D eigenvalue weighted by molar-refractivity contribution is -0.124. The van der Waals surface area contributed by atoms with E-state index in [0.717, 1.165) is 32.1 Å². The van der Waals surface area contributed by atoms with Crippen LogP contribution in [0, 0.1) is 0 Å². The molecule has 0 fully saturated rings. The summed E-state index contributed by atoms with van der Waals surface area (Å²) in [5, 5.41) is 33.4. The van der Waals surface area contributed by atoms with Gasteiger partial charge in [-0.25, -0.2) is 0 Å². The Balaban J connectivity index is 3.62. The maximum atomic E-state index is 12.4. The summed E-state index contributed by atoms with van der Waals surface area (Å²) in [6.45, 7) is 4.18. The number of aliphatic hydroxyl groups excluding tert-OH is 3. The Morgan fingerprint density at radius 3 is 1.09 bits per heavy atom. The van der Waals surface area contributed by atoms with Gasteiger partial charge >= 0.3 is 0 Å². The molecule has 44 heavy (non-hydrogen) atoms. The van der Waals surface area contributed by atoms with Crippen LogP contribution in [0.25, 0.3) is 0 Å². The van der Waals surface area contributed by atoms with Crippen molar-refractivity contribution in [3.8, 4) is 0 Å². The van der Waals surface area contributed by atoms with Crippen LogP contribution in [0.15, 0.2) is 0 Å². The van der Waals surface area contributed by atoms with Gasteiger partial charge in [-0.15, -0.1) is 0 Å². The second-order valence-corrected chi connectivity index (χ2v) is 13.9. The number of unbranched alkanes of at least 4 members (excludes halogenated alkanes) is 28. The molecular formula is C39H79NO4. The minimum Gasteiger partial charge on any atom is -0.394 e. The predicted molar refractivity (Wildman–Crippen MR) is 190 cm³/mol. The van der Waals surface area contributed by atoms with Gasteiger partial charge in [0.15, 0.2) is 0 Å². The summed E-state index contributed by atoms with van der Waals surface area (Å²) in [4.78, 5) is 12.4. The summed E-state index contributed by atoms with van der Waals surface area (Å²) < 4.78 is 0. The Kier molecular flexibility index (Phi) is 34.7. The standard InChI is InChI=1S/C39H79NO4/c1-3-5-7-9-11-13-15-17-18-19-20-22-24-26-28-30-32-34-38(43)40-36(35-41)39(44)37(42)33-31-29-27-25-23-21-16-14-12-10-8-6-4-2/h36-37,39,41-42,44H,3-35H2,1-2H3,(H,40,43). The number of hydrogen-bond donors (Lipinski definition) is 4. The highest BCUT2D eigenvalue weighted by Gasteiger charge is 2.26. The van der Waals surface area contributed by atoms with E-state index in [0.29, 0.717) is 12.8 Å². The summed E-state index contributed by atoms with van der Waals surface area (Å²) in [6, 6.07) is -0.801. The van der Waals surface area contributed by atoms with Crippen LogP contribution in [0.3, 0.4) is 0 Å². The molecule has 0 aromatic heterocycles. The van der Waals surface area contributed by atoms with Crippen molar-refractivity contribution in [3.05, 3.63) is 0 Å². The fraction of sp³-hybridized carbons (Fsp3) is 0.974. The Morgan fingerprint density at radius 1 is 0.477 bits per heavy atom. The normalized spacial score (nSPS) is 13.7. The third kappa shape index (κ3) is 30.0. The van der Waals surface area contributed by atoms with Crippen molar-refractivity contribution in [3.63, 3.8) is 0 Å². The molecule has 0 bridgehead atoms. The average molecular weight is 626 g/mol. The quantitative estimate of drug-likeness (QED) is 0.0521. The highest BCUT2D eigenvalue weighted by atomic mass is 16.3. The predicted octanol–water partition coefficient (Wildman–Crippen LogP) is 10.7. The van der Waals surface area contributed by atoms with Crippen LogP contribution in [-0.2, 0) is 4.79 Å². The Bertz CT molecular complexity index is 572. The van der Waals surface area contributed by atoms with E-state index in [4.69, 9.17) is 0 Å². The summed E-state index contributed by atoms with van der Waals surface area (Å²) >= 11 is 0. The zero-order valence-corrected chi connectivity index (χ0v) is 29.8. The van der Waals surface area contributed by atoms with Crippen molar-refractivity contribution in [2.45, 2.75) is 238 Å². The van der Waals surface area contributed by atoms with Crippen LogP contribution >= 0.6 is 0 Å². The second-order valence-electron chi connectivity index (χ2n) is 13.9. The van der Waals surface area contributed by atoms with Crippen LogP contribution < -0.4 is 5.32 Å². The molecule has 0 rings (SSSR count). The molecule has 3 atom stereocenters. The van der Waals surface area contributed by atoms with Crippen molar-refractivity contribution in [2.24, 2.45) is 0 Å². The van der Waals surface area contributed by atoms with Crippen LogP contribution in [0.5, 0.6) is 0 Å². The third-order valence-corrected chi connectivity index (χ3v) is 9.46. The number of aliphatic hydroxyl groups is 3. The van der Waals surface area contributed by atoms with Gasteiger partial charge in [-0.05, 0) is 12.8 Å². The van der Waals surface area contributed by atoms with Gasteiger partial charge in [0.25, 0.3) is 0 Å². The first-order chi connectivity index (χ1) is 21.6. The fourth-order valence-electron chi connectivity index (χ4n) is 6.34. The molecule has 4 N–H and O–H groups in total. The van der Waals surface area contributed by atoms with Gasteiger partial charge in [0, 0.05) is 6.42 Å². The van der Waals surface area contributed by atoms with Crippen LogP contribution in [0.2, 0.25) is 0 Å². The lowest BCUT2D eigenvalue weighted by atomic mass is 9.99. The number of nitrogens with one attached hydrogen (secondary N) is 1. The molecule has 3 unspecified atom stereocenters. The van der Waals surface area contributed by atoms with Gasteiger partial charge in [-0.2, -0.15) is 0 Å². The molecule has 0 aromatic rings. The maximum Gasteiger partial charge on any atom is 0.220 e. The lowest BCUT2D eigenvalue weighted by Gasteiger charge is -2.26. The van der Waals surface area contributed by atoms with E-state index >= 15 is 0 Å². The number of hydrogen-bond acceptors (Lipinski definition) is 4. The number of rotatable bonds is 36. The fourth-order valence-corrected chi connectivity index (χ4v) is 6.34. The largest absolute Gasteiger partial charge is 0.394 e. The lowest BCUT2D eigenvalue weighted by Crippen LogP contribution is -2.50. The number of carbonyl (C=O) groups is 1. The summed E-state index contributed by atoms with van der Waals surface area (Å²) in [7, 11) is 0. The van der Waals surface area contributed by atoms with E-state index in [2.05, 4.69) is 19.2 Å². The van der Waals surface area contributed by atoms with Crippen LogP contribution in [0.1, 0.15) is 219 Å². The molecule has 0 radical (unpaired) electrons. The summed E-state index contributed by atoms with van der Waals surface area (Å²) in [6.07, 6.45) is 37.7. The highest BCUT2D eigenvalue weighted by Crippen LogP contribution is 2.16. The highest BCUT2D eigenvalue weighted by molar-refractivity contribution is 5.76. The molecule has 0 aliphatic rings. The molecule has 0 saturated carbocycles. The molecular weight excluding hydrogens is 546 g/mol. The van der Waals surface area contributed by atoms with E-state index < -0.39 is 18.2 Å². The van der Waals surface area contributed by atoms with Crippen LogP contribution in [-0.4, -0.2) is 46.1 Å². The molecule has 0 saturated heterocycles. The summed E-state index contributed by atoms with van der Waals surface area (Å²) in [5.41, 5.74) is 0. The number of carbonyl (C=O) groups excluding carboxylic acids is 1. The molecule has 264 valence electrons. The van der Waals surface area contributed by atoms with Crippen molar-refractivity contribution < 1.29 is 20.1 Å². The summed E-state index contributed by atoms with van der Waals surface area (Å²) in [5.74, 6) is -0.141. The molecule has 5 nitrogen and oxygen atoms in total. The molecule has 0 aliphatic carbocycles. The second kappa shape index (κ2) is 35.2. The van der Waals surface area contributed by atoms with E-state index in [1.807, 2.05) is 0 Å². The first kappa shape index (κ1) is 43.4. The molecule has 0 aliphatic heterocycles. The zero-order chi connectivity index (χ0) is 32.4. The molecule has 1 amide bonds. The van der Waals surface area contributed by atoms with Gasteiger partial charge in [-0.3, -0.25) is 4.79 Å². The zero-order valence-electron chi connectivity index (χ0n) is 29.8. The van der Waals surface area contributed by atoms with E-state index in [-0.39, 0.29) is 12.5 Å². The Hall–Kier alpha value is -0.650. The first-order valence-corrected chi connectivity index (χ1v) is 19.8. The van der Waals surface area contributed by atoms with E-state index in [1.54, 1.807) is 0 Å². The maximum absolute atomic E-state index is 12.4. The monoisotopic (exact) mass is 626 g/mol. The molecule has 0 spiro atoms. The molecule has 0 heterocycles. The Labute approximate surface area is 275 Å². The van der Waals surface area contributed by atoms with Gasteiger partial charge in [0.1, 0.15) is 6.10 Å². The minimum absolute atomic E-state index is 0.141. The third-order valence-electron chi connectivity index (χ3n) is 9.46. The first-order valence-electron chi connectivity index (χ1n) is 19.8. The van der Waals surface area contributed by atoms with Crippen LogP contribution in [0.4, 0.5) is 0 Å². The van der Waals surface area contributed by atoms with Crippen molar-refractivity contribution in [1.29, 1.82) is 0 Å².